The molecule has 0 saturated carbocycles. The van der Waals surface area contributed by atoms with Crippen LogP contribution < -0.4 is 11.1 Å². The number of methoxy groups -OCH3 is 1. The number of anilines is 2. The summed E-state index contributed by atoms with van der Waals surface area (Å²) < 4.78 is 91.4. The molecule has 0 radical (unpaired) electrons. The van der Waals surface area contributed by atoms with Crippen molar-refractivity contribution in [3.05, 3.63) is 58.8 Å². The number of phenols is 2. The number of aromatic hydroxyl groups is 2. The number of alkyl halides is 6. The third-order valence-corrected chi connectivity index (χ3v) is 5.95. The van der Waals surface area contributed by atoms with Gasteiger partial charge in [0.15, 0.2) is 0 Å². The Balaban J connectivity index is 2.26. The number of benzene rings is 2. The standard InChI is InChI=1S/C23H21F6N3O6/c1-38-20(37)13-10-32(6-7-33)19(36)18(13)31-15-9-12(3-5-17(15)35)21(22(24,25)26,23(27,28)29)11-2-4-16(34)14(30)8-11/h2-5,8-9,31,33-35H,6-7,10,30H2,1H3. The van der Waals surface area contributed by atoms with Gasteiger partial charge in [0.05, 0.1) is 37.2 Å². The van der Waals surface area contributed by atoms with Crippen molar-refractivity contribution in [1.29, 1.82) is 0 Å². The highest BCUT2D eigenvalue weighted by molar-refractivity contribution is 6.08. The highest BCUT2D eigenvalue weighted by Gasteiger charge is 2.72. The van der Waals surface area contributed by atoms with Gasteiger partial charge >= 0.3 is 18.3 Å². The number of carbonyl (C=O) groups is 2. The van der Waals surface area contributed by atoms with Crippen molar-refractivity contribution < 1.29 is 56.0 Å². The normalized spacial score (nSPS) is 14.7. The van der Waals surface area contributed by atoms with E-state index >= 15 is 0 Å². The second-order valence-corrected chi connectivity index (χ2v) is 8.17. The minimum absolute atomic E-state index is 0.246. The second kappa shape index (κ2) is 9.96. The lowest BCUT2D eigenvalue weighted by molar-refractivity contribution is -0.288. The maximum atomic E-state index is 14.5. The highest BCUT2D eigenvalue weighted by atomic mass is 19.4. The molecule has 2 aromatic carbocycles. The first-order chi connectivity index (χ1) is 17.6. The number of ether oxygens (including phenoxy) is 1. The van der Waals surface area contributed by atoms with Crippen LogP contribution in [0.1, 0.15) is 11.1 Å². The predicted molar refractivity (Wildman–Crippen MR) is 120 cm³/mol. The Morgan fingerprint density at radius 1 is 1.03 bits per heavy atom. The van der Waals surface area contributed by atoms with Crippen LogP contribution in [0.5, 0.6) is 11.5 Å². The summed E-state index contributed by atoms with van der Waals surface area (Å²) in [5, 5.41) is 31.2. The van der Waals surface area contributed by atoms with Crippen molar-refractivity contribution in [3.63, 3.8) is 0 Å². The topological polar surface area (TPSA) is 145 Å². The number of carbonyl (C=O) groups excluding carboxylic acids is 2. The molecule has 0 aromatic heterocycles. The molecule has 206 valence electrons. The third kappa shape index (κ3) is 4.64. The SMILES string of the molecule is COC(=O)C1=C(Nc2cc(C(c3ccc(O)c(N)c3)(C(F)(F)F)C(F)(F)F)ccc2O)C(=O)N(CCO)C1. The van der Waals surface area contributed by atoms with E-state index in [-0.39, 0.29) is 18.7 Å². The van der Waals surface area contributed by atoms with Crippen molar-refractivity contribution in [2.75, 3.05) is 37.9 Å². The summed E-state index contributed by atoms with van der Waals surface area (Å²) >= 11 is 0. The van der Waals surface area contributed by atoms with Gasteiger partial charge in [-0.3, -0.25) is 4.79 Å². The number of aliphatic hydroxyl groups is 1. The van der Waals surface area contributed by atoms with E-state index in [1.54, 1.807) is 0 Å². The van der Waals surface area contributed by atoms with Crippen molar-refractivity contribution >= 4 is 23.3 Å². The lowest BCUT2D eigenvalue weighted by Gasteiger charge is -2.38. The van der Waals surface area contributed by atoms with E-state index in [0.29, 0.717) is 36.4 Å². The molecule has 1 heterocycles. The van der Waals surface area contributed by atoms with Crippen LogP contribution in [0.2, 0.25) is 0 Å². The highest BCUT2D eigenvalue weighted by Crippen LogP contribution is 2.57. The number of amides is 1. The fourth-order valence-corrected chi connectivity index (χ4v) is 4.12. The summed E-state index contributed by atoms with van der Waals surface area (Å²) in [7, 11) is 0.981. The molecule has 0 spiro atoms. The van der Waals surface area contributed by atoms with Crippen molar-refractivity contribution in [1.82, 2.24) is 4.90 Å². The van der Waals surface area contributed by atoms with Crippen LogP contribution in [-0.2, 0) is 19.7 Å². The van der Waals surface area contributed by atoms with E-state index in [0.717, 1.165) is 12.0 Å². The molecule has 38 heavy (non-hydrogen) atoms. The van der Waals surface area contributed by atoms with Gasteiger partial charge in [0.25, 0.3) is 5.91 Å². The van der Waals surface area contributed by atoms with E-state index in [2.05, 4.69) is 10.1 Å². The zero-order valence-corrected chi connectivity index (χ0v) is 19.4. The number of halogens is 6. The zero-order valence-electron chi connectivity index (χ0n) is 19.4. The summed E-state index contributed by atoms with van der Waals surface area (Å²) in [6.45, 7) is -1.13. The number of hydrogen-bond acceptors (Lipinski definition) is 8. The number of aliphatic hydroxyl groups excluding tert-OH is 1. The molecule has 0 atom stereocenters. The molecule has 0 aliphatic carbocycles. The first-order valence-corrected chi connectivity index (χ1v) is 10.6. The molecule has 0 fully saturated rings. The number of nitrogens with two attached hydrogens (primary N) is 1. The molecule has 6 N–H and O–H groups in total. The van der Waals surface area contributed by atoms with Crippen LogP contribution >= 0.6 is 0 Å². The molecular formula is C23H21F6N3O6. The average Bonchev–Trinajstić information content (AvgIpc) is 3.11. The third-order valence-electron chi connectivity index (χ3n) is 5.95. The quantitative estimate of drug-likeness (QED) is 0.154. The van der Waals surface area contributed by atoms with Gasteiger partial charge in [-0.25, -0.2) is 4.79 Å². The molecular weight excluding hydrogens is 528 g/mol. The van der Waals surface area contributed by atoms with E-state index in [9.17, 15) is 46.1 Å². The molecule has 9 nitrogen and oxygen atoms in total. The van der Waals surface area contributed by atoms with Crippen LogP contribution in [0.25, 0.3) is 0 Å². The van der Waals surface area contributed by atoms with Crippen LogP contribution in [0.15, 0.2) is 47.7 Å². The first-order valence-electron chi connectivity index (χ1n) is 10.6. The lowest BCUT2D eigenvalue weighted by atomic mass is 9.72. The summed E-state index contributed by atoms with van der Waals surface area (Å²) in [6, 6.07) is 2.62. The fourth-order valence-electron chi connectivity index (χ4n) is 4.12. The summed E-state index contributed by atoms with van der Waals surface area (Å²) in [4.78, 5) is 25.9. The Morgan fingerprint density at radius 3 is 2.08 bits per heavy atom. The van der Waals surface area contributed by atoms with Gasteiger partial charge in [-0.15, -0.1) is 0 Å². The number of esters is 1. The Morgan fingerprint density at radius 2 is 1.58 bits per heavy atom. The number of nitrogens with zero attached hydrogens (tertiary/aromatic N) is 1. The minimum Gasteiger partial charge on any atom is -0.506 e. The van der Waals surface area contributed by atoms with E-state index in [4.69, 9.17) is 10.8 Å². The zero-order chi connectivity index (χ0) is 28.6. The van der Waals surface area contributed by atoms with Crippen LogP contribution in [-0.4, -0.2) is 71.3 Å². The molecule has 3 rings (SSSR count). The molecule has 1 aliphatic heterocycles. The molecule has 1 aliphatic rings. The summed E-state index contributed by atoms with van der Waals surface area (Å²) in [5.41, 5.74) is -4.48. The van der Waals surface area contributed by atoms with Gasteiger partial charge in [-0.1, -0.05) is 12.1 Å². The Hall–Kier alpha value is -4.14. The van der Waals surface area contributed by atoms with Crippen LogP contribution in [0.4, 0.5) is 37.7 Å². The number of phenolic OH excluding ortho intramolecular Hbond substituents is 2. The van der Waals surface area contributed by atoms with Gasteiger partial charge in [-0.05, 0) is 35.4 Å². The van der Waals surface area contributed by atoms with Gasteiger partial charge in [0.2, 0.25) is 5.41 Å². The Labute approximate surface area is 210 Å². The minimum atomic E-state index is -6.01. The summed E-state index contributed by atoms with van der Waals surface area (Å²) in [6.07, 6.45) is -12.0. The number of nitrogen functional groups attached to an aromatic ring is 1. The van der Waals surface area contributed by atoms with Crippen LogP contribution in [0.3, 0.4) is 0 Å². The van der Waals surface area contributed by atoms with E-state index < -0.39 is 75.9 Å². The van der Waals surface area contributed by atoms with E-state index in [1.807, 2.05) is 0 Å². The largest absolute Gasteiger partial charge is 0.506 e. The Kier molecular flexibility index (Phi) is 7.45. The van der Waals surface area contributed by atoms with Crippen molar-refractivity contribution in [2.24, 2.45) is 0 Å². The smallest absolute Gasteiger partial charge is 0.411 e. The number of nitrogens with one attached hydrogen (secondary N) is 1. The molecule has 0 bridgehead atoms. The lowest BCUT2D eigenvalue weighted by Crippen LogP contribution is -2.54. The number of β-amino-alcohol motifs (C(OH)–C–C–N with tert-alkyl or cyclic N) is 1. The molecule has 2 aromatic rings. The van der Waals surface area contributed by atoms with Crippen molar-refractivity contribution in [3.8, 4) is 11.5 Å². The van der Waals surface area contributed by atoms with Gasteiger partial charge in [0.1, 0.15) is 17.2 Å². The Bertz CT molecular complexity index is 1280. The summed E-state index contributed by atoms with van der Waals surface area (Å²) in [5.74, 6) is -3.54. The molecule has 0 saturated heterocycles. The second-order valence-electron chi connectivity index (χ2n) is 8.17. The molecule has 1 amide bonds. The van der Waals surface area contributed by atoms with Crippen LogP contribution in [0, 0.1) is 0 Å². The van der Waals surface area contributed by atoms with Gasteiger partial charge in [-0.2, -0.15) is 26.3 Å². The molecule has 0 unspecified atom stereocenters. The first kappa shape index (κ1) is 28.4. The average molecular weight is 549 g/mol. The maximum absolute atomic E-state index is 14.5. The molecule has 15 heteroatoms. The van der Waals surface area contributed by atoms with Crippen molar-refractivity contribution in [2.45, 2.75) is 17.8 Å². The maximum Gasteiger partial charge on any atom is 0.411 e. The van der Waals surface area contributed by atoms with E-state index in [1.165, 1.54) is 0 Å². The predicted octanol–water partition coefficient (Wildman–Crippen LogP) is 2.76. The monoisotopic (exact) mass is 549 g/mol. The number of hydrogen-bond donors (Lipinski definition) is 5. The van der Waals surface area contributed by atoms with Gasteiger partial charge in [0, 0.05) is 6.54 Å². The number of rotatable bonds is 7. The fraction of sp³-hybridized carbons (Fsp3) is 0.304. The van der Waals surface area contributed by atoms with Gasteiger partial charge < -0.3 is 36.0 Å².